The van der Waals surface area contributed by atoms with Gasteiger partial charge in [-0.15, -0.1) is 0 Å². The van der Waals surface area contributed by atoms with Gasteiger partial charge < -0.3 is 4.90 Å². The summed E-state index contributed by atoms with van der Waals surface area (Å²) in [6.07, 6.45) is 1.34. The minimum Gasteiger partial charge on any atom is -0.372 e. The molecule has 0 heterocycles. The molecule has 0 atom stereocenters. The molecule has 0 saturated carbocycles. The lowest BCUT2D eigenvalue weighted by Gasteiger charge is -2.12. The maximum absolute atomic E-state index is 12.4. The van der Waals surface area contributed by atoms with E-state index in [2.05, 4.69) is 0 Å². The van der Waals surface area contributed by atoms with Crippen LogP contribution in [0.4, 0.5) is 11.4 Å². The molecule has 0 radical (unpaired) electrons. The Morgan fingerprint density at radius 2 is 1.88 bits per heavy atom. The number of hydrogen-bond donors (Lipinski definition) is 0. The van der Waals surface area contributed by atoms with E-state index in [-0.39, 0.29) is 11.3 Å². The number of nitro groups is 1. The number of hydrogen-bond acceptors (Lipinski definition) is 5. The van der Waals surface area contributed by atoms with Gasteiger partial charge in [-0.25, -0.2) is 0 Å². The number of allylic oxidation sites excluding steroid dienone is 1. The van der Waals surface area contributed by atoms with E-state index in [4.69, 9.17) is 11.6 Å². The third-order valence-electron chi connectivity index (χ3n) is 3.46. The normalized spacial score (nSPS) is 10.9. The summed E-state index contributed by atoms with van der Waals surface area (Å²) in [5.41, 5.74) is 0.932. The smallest absolute Gasteiger partial charge is 0.293 e. The number of carbonyl (C=O) groups excluding carboxylic acids is 1. The molecule has 6 nitrogen and oxygen atoms in total. The Labute approximate surface area is 149 Å². The number of Topliss-reactive ketones (excluding diaryl/α,β-unsaturated/α-hetero) is 1. The number of nitrogens with zero attached hydrogens (tertiary/aromatic N) is 3. The quantitative estimate of drug-likeness (QED) is 0.265. The molecule has 0 aliphatic carbocycles. The Bertz CT molecular complexity index is 897. The van der Waals surface area contributed by atoms with Crippen LogP contribution in [0.1, 0.15) is 15.9 Å². The highest BCUT2D eigenvalue weighted by Crippen LogP contribution is 2.28. The molecule has 0 bridgehead atoms. The van der Waals surface area contributed by atoms with Crippen molar-refractivity contribution in [1.82, 2.24) is 0 Å². The van der Waals surface area contributed by atoms with Crippen LogP contribution in [0.3, 0.4) is 0 Å². The first kappa shape index (κ1) is 18.2. The molecule has 7 heteroatoms. The van der Waals surface area contributed by atoms with Crippen molar-refractivity contribution in [2.45, 2.75) is 0 Å². The Morgan fingerprint density at radius 1 is 1.24 bits per heavy atom. The highest BCUT2D eigenvalue weighted by Gasteiger charge is 2.17. The van der Waals surface area contributed by atoms with E-state index < -0.39 is 10.7 Å². The van der Waals surface area contributed by atoms with Gasteiger partial charge in [0.25, 0.3) is 5.69 Å². The molecule has 0 fully saturated rings. The molecular weight excluding hydrogens is 342 g/mol. The molecule has 0 unspecified atom stereocenters. The summed E-state index contributed by atoms with van der Waals surface area (Å²) in [4.78, 5) is 24.8. The molecule has 0 aliphatic heterocycles. The van der Waals surface area contributed by atoms with Gasteiger partial charge in [0, 0.05) is 30.7 Å². The number of nitro benzene ring substituents is 1. The number of carbonyl (C=O) groups is 1. The van der Waals surface area contributed by atoms with E-state index in [1.807, 2.05) is 6.07 Å². The number of ketones is 1. The van der Waals surface area contributed by atoms with Crippen LogP contribution in [0.2, 0.25) is 5.02 Å². The summed E-state index contributed by atoms with van der Waals surface area (Å²) in [7, 11) is 3.39. The first-order valence-electron chi connectivity index (χ1n) is 7.21. The fourth-order valence-electron chi connectivity index (χ4n) is 2.23. The third kappa shape index (κ3) is 4.22. The second-order valence-electron chi connectivity index (χ2n) is 5.41. The van der Waals surface area contributed by atoms with Gasteiger partial charge in [-0.2, -0.15) is 5.26 Å². The average molecular weight is 356 g/mol. The largest absolute Gasteiger partial charge is 0.372 e. The first-order chi connectivity index (χ1) is 11.8. The zero-order valence-corrected chi connectivity index (χ0v) is 14.3. The molecule has 2 rings (SSSR count). The second-order valence-corrected chi connectivity index (χ2v) is 5.84. The minimum atomic E-state index is -0.500. The lowest BCUT2D eigenvalue weighted by molar-refractivity contribution is -0.384. The van der Waals surface area contributed by atoms with Crippen LogP contribution < -0.4 is 4.90 Å². The first-order valence-corrected chi connectivity index (χ1v) is 7.59. The predicted octanol–water partition coefficient (Wildman–Crippen LogP) is 4.10. The fourth-order valence-corrected chi connectivity index (χ4v) is 2.35. The molecule has 0 spiro atoms. The van der Waals surface area contributed by atoms with Gasteiger partial charge in [0.1, 0.15) is 17.3 Å². The second kappa shape index (κ2) is 7.60. The van der Waals surface area contributed by atoms with Gasteiger partial charge in [0.15, 0.2) is 0 Å². The summed E-state index contributed by atoms with van der Waals surface area (Å²) in [6, 6.07) is 12.5. The predicted molar refractivity (Wildman–Crippen MR) is 96.8 cm³/mol. The van der Waals surface area contributed by atoms with Crippen LogP contribution in [0.15, 0.2) is 48.0 Å². The van der Waals surface area contributed by atoms with Crippen molar-refractivity contribution >= 4 is 34.8 Å². The Morgan fingerprint density at radius 3 is 2.40 bits per heavy atom. The Hall–Kier alpha value is -3.17. The van der Waals surface area contributed by atoms with Gasteiger partial charge in [0.2, 0.25) is 5.78 Å². The highest BCUT2D eigenvalue weighted by atomic mass is 35.5. The van der Waals surface area contributed by atoms with Gasteiger partial charge in [-0.1, -0.05) is 17.7 Å². The average Bonchev–Trinajstić information content (AvgIpc) is 2.59. The molecule has 0 aromatic heterocycles. The summed E-state index contributed by atoms with van der Waals surface area (Å²) < 4.78 is 0. The Balaban J connectivity index is 2.44. The standard InChI is InChI=1S/C18H14ClN3O3/c1-21(2)16-8-3-12(10-17(16)22(24)25)9-14(11-20)18(23)13-4-6-15(19)7-5-13/h3-10H,1-2H3/b14-9+. The van der Waals surface area contributed by atoms with E-state index in [1.54, 1.807) is 43.3 Å². The molecule has 0 amide bonds. The van der Waals surface area contributed by atoms with Crippen LogP contribution in [0.25, 0.3) is 6.08 Å². The van der Waals surface area contributed by atoms with Crippen molar-refractivity contribution in [2.24, 2.45) is 0 Å². The van der Waals surface area contributed by atoms with Crippen LogP contribution in [-0.4, -0.2) is 24.8 Å². The molecule has 0 aliphatic rings. The zero-order valence-electron chi connectivity index (χ0n) is 13.6. The third-order valence-corrected chi connectivity index (χ3v) is 3.71. The van der Waals surface area contributed by atoms with Gasteiger partial charge >= 0.3 is 0 Å². The highest BCUT2D eigenvalue weighted by molar-refractivity contribution is 6.30. The number of anilines is 1. The molecule has 0 saturated heterocycles. The van der Waals surface area contributed by atoms with Crippen molar-refractivity contribution in [2.75, 3.05) is 19.0 Å². The van der Waals surface area contributed by atoms with E-state index in [1.165, 1.54) is 24.3 Å². The molecule has 0 N–H and O–H groups in total. The van der Waals surface area contributed by atoms with Crippen molar-refractivity contribution in [3.63, 3.8) is 0 Å². The summed E-state index contributed by atoms with van der Waals surface area (Å²) in [6.45, 7) is 0. The molecule has 126 valence electrons. The Kier molecular flexibility index (Phi) is 5.52. The van der Waals surface area contributed by atoms with Crippen LogP contribution in [0.5, 0.6) is 0 Å². The zero-order chi connectivity index (χ0) is 18.6. The van der Waals surface area contributed by atoms with Crippen LogP contribution in [0, 0.1) is 21.4 Å². The topological polar surface area (TPSA) is 87.2 Å². The van der Waals surface area contributed by atoms with Crippen LogP contribution in [-0.2, 0) is 0 Å². The number of benzene rings is 2. The summed E-state index contributed by atoms with van der Waals surface area (Å²) >= 11 is 5.79. The SMILES string of the molecule is CN(C)c1ccc(/C=C(\C#N)C(=O)c2ccc(Cl)cc2)cc1[N+](=O)[O-]. The van der Waals surface area contributed by atoms with Crippen molar-refractivity contribution in [1.29, 1.82) is 5.26 Å². The maximum Gasteiger partial charge on any atom is 0.293 e. The van der Waals surface area contributed by atoms with E-state index in [0.29, 0.717) is 21.8 Å². The van der Waals surface area contributed by atoms with Crippen LogP contribution >= 0.6 is 11.6 Å². The maximum atomic E-state index is 12.4. The molecule has 2 aromatic rings. The van der Waals surface area contributed by atoms with E-state index in [9.17, 15) is 20.2 Å². The number of rotatable bonds is 5. The molecular formula is C18H14ClN3O3. The van der Waals surface area contributed by atoms with Gasteiger partial charge in [0.05, 0.1) is 4.92 Å². The van der Waals surface area contributed by atoms with Gasteiger partial charge in [-0.3, -0.25) is 14.9 Å². The lowest BCUT2D eigenvalue weighted by atomic mass is 10.0. The van der Waals surface area contributed by atoms with E-state index >= 15 is 0 Å². The lowest BCUT2D eigenvalue weighted by Crippen LogP contribution is -2.11. The number of nitriles is 1. The summed E-state index contributed by atoms with van der Waals surface area (Å²) in [5, 5.41) is 21.0. The number of halogens is 1. The van der Waals surface area contributed by atoms with Gasteiger partial charge in [-0.05, 0) is 42.0 Å². The van der Waals surface area contributed by atoms with E-state index in [0.717, 1.165) is 0 Å². The fraction of sp³-hybridized carbons (Fsp3) is 0.111. The molecule has 2 aromatic carbocycles. The summed E-state index contributed by atoms with van der Waals surface area (Å²) in [5.74, 6) is -0.474. The monoisotopic (exact) mass is 355 g/mol. The van der Waals surface area contributed by atoms with Crippen molar-refractivity contribution < 1.29 is 9.72 Å². The minimum absolute atomic E-state index is 0.102. The van der Waals surface area contributed by atoms with Crippen molar-refractivity contribution in [3.8, 4) is 6.07 Å². The van der Waals surface area contributed by atoms with Crippen molar-refractivity contribution in [3.05, 3.63) is 74.3 Å². The molecule has 25 heavy (non-hydrogen) atoms.